The fourth-order valence-electron chi connectivity index (χ4n) is 1.37. The molecule has 106 valence electrons. The molecular formula is C10H8BrFN4O3S. The van der Waals surface area contributed by atoms with Gasteiger partial charge >= 0.3 is 0 Å². The molecule has 0 atom stereocenters. The summed E-state index contributed by atoms with van der Waals surface area (Å²) in [5.41, 5.74) is 4.77. The lowest BCUT2D eigenvalue weighted by atomic mass is 10.3. The zero-order valence-corrected chi connectivity index (χ0v) is 12.1. The van der Waals surface area contributed by atoms with Crippen LogP contribution in [0.1, 0.15) is 0 Å². The summed E-state index contributed by atoms with van der Waals surface area (Å²) >= 11 is 2.88. The zero-order valence-electron chi connectivity index (χ0n) is 9.72. The molecule has 0 aliphatic rings. The largest absolute Gasteiger partial charge is 0.398 e. The molecule has 1 aromatic carbocycles. The highest BCUT2D eigenvalue weighted by Gasteiger charge is 2.20. The first kappa shape index (κ1) is 14.5. The van der Waals surface area contributed by atoms with Gasteiger partial charge in [-0.25, -0.2) is 17.9 Å². The van der Waals surface area contributed by atoms with Gasteiger partial charge in [-0.2, -0.15) is 5.10 Å². The normalized spacial score (nSPS) is 11.3. The van der Waals surface area contributed by atoms with Crippen LogP contribution in [-0.4, -0.2) is 18.6 Å². The van der Waals surface area contributed by atoms with Crippen molar-refractivity contribution in [1.82, 2.24) is 10.2 Å². The Labute approximate surface area is 121 Å². The third-order valence-electron chi connectivity index (χ3n) is 2.26. The molecular weight excluding hydrogens is 355 g/mol. The summed E-state index contributed by atoms with van der Waals surface area (Å²) < 4.78 is 39.5. The lowest BCUT2D eigenvalue weighted by Crippen LogP contribution is -2.17. The summed E-state index contributed by atoms with van der Waals surface area (Å²) in [5, 5.41) is 5.58. The van der Waals surface area contributed by atoms with Gasteiger partial charge in [0.1, 0.15) is 10.7 Å². The Morgan fingerprint density at radius 2 is 2.05 bits per heavy atom. The number of H-pyrrole nitrogens is 1. The second kappa shape index (κ2) is 5.21. The van der Waals surface area contributed by atoms with Gasteiger partial charge < -0.3 is 5.73 Å². The van der Waals surface area contributed by atoms with E-state index in [1.54, 1.807) is 0 Å². The predicted molar refractivity (Wildman–Crippen MR) is 74.2 cm³/mol. The van der Waals surface area contributed by atoms with E-state index in [0.29, 0.717) is 0 Å². The molecule has 0 amide bonds. The monoisotopic (exact) mass is 362 g/mol. The topological polar surface area (TPSA) is 118 Å². The molecule has 1 aromatic heterocycles. The molecule has 20 heavy (non-hydrogen) atoms. The minimum absolute atomic E-state index is 0.0403. The first-order chi connectivity index (χ1) is 9.29. The van der Waals surface area contributed by atoms with Crippen LogP contribution in [0.25, 0.3) is 0 Å². The Hall–Kier alpha value is -1.94. The standard InChI is InChI=1S/C10H8BrFN4O3S/c11-5-3-8(7(13)4-6(5)12)20(18,19)16-9-1-2-10(17)15-14-9/h1-4H,13H2,(H,14,16)(H,15,17). The Morgan fingerprint density at radius 1 is 1.35 bits per heavy atom. The van der Waals surface area contributed by atoms with E-state index in [4.69, 9.17) is 5.73 Å². The van der Waals surface area contributed by atoms with Crippen molar-refractivity contribution >= 4 is 37.5 Å². The Kier molecular flexibility index (Phi) is 3.77. The van der Waals surface area contributed by atoms with Crippen LogP contribution >= 0.6 is 15.9 Å². The number of benzene rings is 1. The summed E-state index contributed by atoms with van der Waals surface area (Å²) in [7, 11) is -4.05. The average molecular weight is 363 g/mol. The van der Waals surface area contributed by atoms with Gasteiger partial charge in [0.05, 0.1) is 10.2 Å². The molecule has 7 nitrogen and oxygen atoms in total. The van der Waals surface area contributed by atoms with E-state index in [0.717, 1.165) is 18.2 Å². The van der Waals surface area contributed by atoms with Crippen LogP contribution in [0.15, 0.2) is 38.4 Å². The fraction of sp³-hybridized carbons (Fsp3) is 0. The van der Waals surface area contributed by atoms with Crippen LogP contribution in [-0.2, 0) is 10.0 Å². The van der Waals surface area contributed by atoms with E-state index in [9.17, 15) is 17.6 Å². The molecule has 0 saturated carbocycles. The van der Waals surface area contributed by atoms with Crippen molar-refractivity contribution in [2.45, 2.75) is 4.90 Å². The van der Waals surface area contributed by atoms with Gasteiger partial charge in [-0.15, -0.1) is 0 Å². The minimum Gasteiger partial charge on any atom is -0.398 e. The van der Waals surface area contributed by atoms with Crippen molar-refractivity contribution in [2.24, 2.45) is 0 Å². The van der Waals surface area contributed by atoms with Crippen molar-refractivity contribution in [3.05, 3.63) is 44.9 Å². The predicted octanol–water partition coefficient (Wildman–Crippen LogP) is 1.05. The van der Waals surface area contributed by atoms with E-state index in [-0.39, 0.29) is 20.9 Å². The van der Waals surface area contributed by atoms with Gasteiger partial charge in [-0.05, 0) is 34.1 Å². The number of nitrogens with one attached hydrogen (secondary N) is 2. The molecule has 1 heterocycles. The second-order valence-electron chi connectivity index (χ2n) is 3.72. The van der Waals surface area contributed by atoms with Gasteiger partial charge in [0, 0.05) is 6.07 Å². The molecule has 0 aliphatic heterocycles. The molecule has 0 fully saturated rings. The van der Waals surface area contributed by atoms with Crippen LogP contribution < -0.4 is 16.0 Å². The molecule has 2 aromatic rings. The van der Waals surface area contributed by atoms with E-state index in [1.165, 1.54) is 6.07 Å². The third kappa shape index (κ3) is 2.96. The van der Waals surface area contributed by atoms with Crippen molar-refractivity contribution < 1.29 is 12.8 Å². The highest BCUT2D eigenvalue weighted by atomic mass is 79.9. The molecule has 10 heteroatoms. The Balaban J connectivity index is 2.43. The van der Waals surface area contributed by atoms with Crippen molar-refractivity contribution in [2.75, 3.05) is 10.5 Å². The number of anilines is 2. The number of nitrogens with two attached hydrogens (primary N) is 1. The van der Waals surface area contributed by atoms with Gasteiger partial charge in [-0.3, -0.25) is 9.52 Å². The summed E-state index contributed by atoms with van der Waals surface area (Å²) in [6, 6.07) is 4.22. The fourth-order valence-corrected chi connectivity index (χ4v) is 3.01. The molecule has 0 aliphatic carbocycles. The van der Waals surface area contributed by atoms with Crippen molar-refractivity contribution in [1.29, 1.82) is 0 Å². The molecule has 0 saturated heterocycles. The maximum atomic E-state index is 13.2. The van der Waals surface area contributed by atoms with Gasteiger partial charge in [0.15, 0.2) is 5.82 Å². The number of aromatic nitrogens is 2. The highest BCUT2D eigenvalue weighted by Crippen LogP contribution is 2.27. The van der Waals surface area contributed by atoms with Crippen molar-refractivity contribution in [3.63, 3.8) is 0 Å². The molecule has 0 unspecified atom stereocenters. The lowest BCUT2D eigenvalue weighted by molar-refractivity contribution is 0.599. The van der Waals surface area contributed by atoms with E-state index in [2.05, 4.69) is 30.8 Å². The second-order valence-corrected chi connectivity index (χ2v) is 6.22. The first-order valence-electron chi connectivity index (χ1n) is 5.12. The van der Waals surface area contributed by atoms with Gasteiger partial charge in [0.25, 0.3) is 15.6 Å². The van der Waals surface area contributed by atoms with Crippen LogP contribution in [0.3, 0.4) is 0 Å². The number of sulfonamides is 1. The summed E-state index contributed by atoms with van der Waals surface area (Å²) in [6.07, 6.45) is 0. The molecule has 0 bridgehead atoms. The van der Waals surface area contributed by atoms with Crippen LogP contribution in [0, 0.1) is 5.82 Å². The Bertz CT molecular complexity index is 801. The number of nitrogens with zero attached hydrogens (tertiary/aromatic N) is 1. The van der Waals surface area contributed by atoms with Crippen molar-refractivity contribution in [3.8, 4) is 0 Å². The highest BCUT2D eigenvalue weighted by molar-refractivity contribution is 9.10. The van der Waals surface area contributed by atoms with Gasteiger partial charge in [-0.1, -0.05) is 0 Å². The number of halogens is 2. The molecule has 2 rings (SSSR count). The number of nitrogen functional groups attached to an aromatic ring is 1. The first-order valence-corrected chi connectivity index (χ1v) is 7.40. The number of rotatable bonds is 3. The quantitative estimate of drug-likeness (QED) is 0.705. The molecule has 4 N–H and O–H groups in total. The van der Waals surface area contributed by atoms with E-state index >= 15 is 0 Å². The summed E-state index contributed by atoms with van der Waals surface area (Å²) in [6.45, 7) is 0. The smallest absolute Gasteiger partial charge is 0.265 e. The minimum atomic E-state index is -4.05. The van der Waals surface area contributed by atoms with Crippen LogP contribution in [0.2, 0.25) is 0 Å². The molecule has 0 spiro atoms. The SMILES string of the molecule is Nc1cc(F)c(Br)cc1S(=O)(=O)Nc1ccc(=O)[nH]n1. The Morgan fingerprint density at radius 3 is 2.65 bits per heavy atom. The molecule has 0 radical (unpaired) electrons. The van der Waals surface area contributed by atoms with E-state index < -0.39 is 21.4 Å². The maximum Gasteiger partial charge on any atom is 0.265 e. The van der Waals surface area contributed by atoms with Crippen LogP contribution in [0.5, 0.6) is 0 Å². The lowest BCUT2D eigenvalue weighted by Gasteiger charge is -2.10. The average Bonchev–Trinajstić information content (AvgIpc) is 2.36. The number of aromatic amines is 1. The summed E-state index contributed by atoms with van der Waals surface area (Å²) in [5.74, 6) is -0.770. The third-order valence-corrected chi connectivity index (χ3v) is 4.28. The van der Waals surface area contributed by atoms with Gasteiger partial charge in [0.2, 0.25) is 0 Å². The number of hydrogen-bond donors (Lipinski definition) is 3. The van der Waals surface area contributed by atoms with E-state index in [1.807, 2.05) is 0 Å². The summed E-state index contributed by atoms with van der Waals surface area (Å²) in [4.78, 5) is 10.5. The zero-order chi connectivity index (χ0) is 14.9. The maximum absolute atomic E-state index is 13.2. The number of hydrogen-bond acceptors (Lipinski definition) is 5. The van der Waals surface area contributed by atoms with Crippen LogP contribution in [0.4, 0.5) is 15.9 Å².